The standard InChI is InChI=1S/C17H21NO/c1-15-9-11-16(12-10-15)18-13-5-6-14-19-17-7-3-2-4-8-17/h2-4,7-12,18H,5-6,13-14H2,1H3. The fourth-order valence-corrected chi connectivity index (χ4v) is 1.84. The molecular formula is C17H21NO. The smallest absolute Gasteiger partial charge is 0.119 e. The average molecular weight is 255 g/mol. The van der Waals surface area contributed by atoms with Crippen LogP contribution in [0.15, 0.2) is 54.6 Å². The van der Waals surface area contributed by atoms with Crippen LogP contribution in [0.3, 0.4) is 0 Å². The first-order chi connectivity index (χ1) is 9.34. The van der Waals surface area contributed by atoms with Gasteiger partial charge in [0.05, 0.1) is 6.61 Å². The zero-order valence-corrected chi connectivity index (χ0v) is 11.4. The van der Waals surface area contributed by atoms with E-state index in [-0.39, 0.29) is 0 Å². The van der Waals surface area contributed by atoms with E-state index in [2.05, 4.69) is 36.5 Å². The van der Waals surface area contributed by atoms with Gasteiger partial charge in [0, 0.05) is 12.2 Å². The van der Waals surface area contributed by atoms with E-state index in [0.717, 1.165) is 31.7 Å². The second-order valence-electron chi connectivity index (χ2n) is 4.66. The zero-order chi connectivity index (χ0) is 13.3. The van der Waals surface area contributed by atoms with Gasteiger partial charge in [0.2, 0.25) is 0 Å². The van der Waals surface area contributed by atoms with Crippen LogP contribution in [0.1, 0.15) is 18.4 Å². The number of unbranched alkanes of at least 4 members (excludes halogenated alkanes) is 1. The molecule has 2 nitrogen and oxygen atoms in total. The van der Waals surface area contributed by atoms with Crippen molar-refractivity contribution in [3.8, 4) is 5.75 Å². The van der Waals surface area contributed by atoms with E-state index in [4.69, 9.17) is 4.74 Å². The largest absolute Gasteiger partial charge is 0.494 e. The Bertz CT molecular complexity index is 464. The van der Waals surface area contributed by atoms with Crippen LogP contribution in [0.25, 0.3) is 0 Å². The molecule has 0 radical (unpaired) electrons. The maximum absolute atomic E-state index is 5.65. The van der Waals surface area contributed by atoms with E-state index in [9.17, 15) is 0 Å². The number of anilines is 1. The number of hydrogen-bond acceptors (Lipinski definition) is 2. The molecule has 0 atom stereocenters. The molecule has 0 unspecified atom stereocenters. The van der Waals surface area contributed by atoms with Crippen LogP contribution >= 0.6 is 0 Å². The first-order valence-electron chi connectivity index (χ1n) is 6.83. The molecule has 1 N–H and O–H groups in total. The third kappa shape index (κ3) is 5.04. The molecule has 2 aromatic rings. The number of para-hydroxylation sites is 1. The van der Waals surface area contributed by atoms with E-state index in [1.807, 2.05) is 30.3 Å². The summed E-state index contributed by atoms with van der Waals surface area (Å²) in [7, 11) is 0. The van der Waals surface area contributed by atoms with Crippen molar-refractivity contribution in [2.45, 2.75) is 19.8 Å². The third-order valence-corrected chi connectivity index (χ3v) is 2.96. The van der Waals surface area contributed by atoms with Crippen molar-refractivity contribution < 1.29 is 4.74 Å². The van der Waals surface area contributed by atoms with Gasteiger partial charge in [-0.2, -0.15) is 0 Å². The van der Waals surface area contributed by atoms with Gasteiger partial charge in [-0.05, 0) is 44.0 Å². The summed E-state index contributed by atoms with van der Waals surface area (Å²) in [4.78, 5) is 0. The topological polar surface area (TPSA) is 21.3 Å². The molecule has 0 heterocycles. The van der Waals surface area contributed by atoms with Crippen molar-refractivity contribution in [1.29, 1.82) is 0 Å². The highest BCUT2D eigenvalue weighted by molar-refractivity contribution is 5.44. The van der Waals surface area contributed by atoms with Crippen LogP contribution in [0.2, 0.25) is 0 Å². The Balaban J connectivity index is 1.56. The second kappa shape index (κ2) is 7.47. The molecule has 0 aliphatic carbocycles. The quantitative estimate of drug-likeness (QED) is 0.746. The van der Waals surface area contributed by atoms with Crippen molar-refractivity contribution in [2.75, 3.05) is 18.5 Å². The molecule has 0 spiro atoms. The number of rotatable bonds is 7. The van der Waals surface area contributed by atoms with Crippen LogP contribution in [-0.4, -0.2) is 13.2 Å². The molecule has 0 aromatic heterocycles. The Labute approximate surface area is 115 Å². The van der Waals surface area contributed by atoms with E-state index in [1.54, 1.807) is 0 Å². The minimum absolute atomic E-state index is 0.777. The van der Waals surface area contributed by atoms with Gasteiger partial charge in [-0.1, -0.05) is 35.9 Å². The monoisotopic (exact) mass is 255 g/mol. The summed E-state index contributed by atoms with van der Waals surface area (Å²) in [6.45, 7) is 3.87. The Hall–Kier alpha value is -1.96. The van der Waals surface area contributed by atoms with Crippen LogP contribution in [0.4, 0.5) is 5.69 Å². The summed E-state index contributed by atoms with van der Waals surface area (Å²) in [5, 5.41) is 3.41. The summed E-state index contributed by atoms with van der Waals surface area (Å²) in [6, 6.07) is 18.5. The maximum atomic E-state index is 5.65. The predicted molar refractivity (Wildman–Crippen MR) is 80.8 cm³/mol. The van der Waals surface area contributed by atoms with Gasteiger partial charge in [0.25, 0.3) is 0 Å². The fraction of sp³-hybridized carbons (Fsp3) is 0.294. The molecule has 0 bridgehead atoms. The Kier molecular flexibility index (Phi) is 5.30. The average Bonchev–Trinajstić information content (AvgIpc) is 2.46. The molecule has 0 saturated heterocycles. The van der Waals surface area contributed by atoms with E-state index in [1.165, 1.54) is 11.3 Å². The lowest BCUT2D eigenvalue weighted by Gasteiger charge is -2.08. The van der Waals surface area contributed by atoms with Gasteiger partial charge < -0.3 is 10.1 Å². The maximum Gasteiger partial charge on any atom is 0.119 e. The number of aryl methyl sites for hydroxylation is 1. The number of benzene rings is 2. The van der Waals surface area contributed by atoms with E-state index >= 15 is 0 Å². The third-order valence-electron chi connectivity index (χ3n) is 2.96. The highest BCUT2D eigenvalue weighted by atomic mass is 16.5. The Morgan fingerprint density at radius 3 is 2.37 bits per heavy atom. The minimum Gasteiger partial charge on any atom is -0.494 e. The molecule has 100 valence electrons. The van der Waals surface area contributed by atoms with Crippen LogP contribution < -0.4 is 10.1 Å². The first kappa shape index (κ1) is 13.5. The normalized spacial score (nSPS) is 10.2. The molecule has 2 rings (SSSR count). The lowest BCUT2D eigenvalue weighted by Crippen LogP contribution is -2.04. The Morgan fingerprint density at radius 2 is 1.63 bits per heavy atom. The second-order valence-corrected chi connectivity index (χ2v) is 4.66. The molecule has 19 heavy (non-hydrogen) atoms. The SMILES string of the molecule is Cc1ccc(NCCCCOc2ccccc2)cc1. The Morgan fingerprint density at radius 1 is 0.895 bits per heavy atom. The van der Waals surface area contributed by atoms with Gasteiger partial charge in [0.1, 0.15) is 5.75 Å². The van der Waals surface area contributed by atoms with E-state index in [0.29, 0.717) is 0 Å². The predicted octanol–water partition coefficient (Wildman–Crippen LogP) is 4.27. The van der Waals surface area contributed by atoms with Gasteiger partial charge >= 0.3 is 0 Å². The van der Waals surface area contributed by atoms with Gasteiger partial charge in [-0.3, -0.25) is 0 Å². The van der Waals surface area contributed by atoms with Crippen molar-refractivity contribution in [3.63, 3.8) is 0 Å². The molecule has 0 saturated carbocycles. The molecule has 0 amide bonds. The zero-order valence-electron chi connectivity index (χ0n) is 11.4. The molecule has 0 aliphatic rings. The van der Waals surface area contributed by atoms with Crippen LogP contribution in [-0.2, 0) is 0 Å². The summed E-state index contributed by atoms with van der Waals surface area (Å²) < 4.78 is 5.65. The lowest BCUT2D eigenvalue weighted by atomic mass is 10.2. The van der Waals surface area contributed by atoms with Crippen molar-refractivity contribution in [2.24, 2.45) is 0 Å². The molecule has 2 heteroatoms. The van der Waals surface area contributed by atoms with Crippen molar-refractivity contribution in [1.82, 2.24) is 0 Å². The van der Waals surface area contributed by atoms with E-state index < -0.39 is 0 Å². The highest BCUT2D eigenvalue weighted by Crippen LogP contribution is 2.10. The van der Waals surface area contributed by atoms with Crippen LogP contribution in [0, 0.1) is 6.92 Å². The summed E-state index contributed by atoms with van der Waals surface area (Å²) in [6.07, 6.45) is 2.18. The summed E-state index contributed by atoms with van der Waals surface area (Å²) >= 11 is 0. The minimum atomic E-state index is 0.777. The fourth-order valence-electron chi connectivity index (χ4n) is 1.84. The first-order valence-corrected chi connectivity index (χ1v) is 6.83. The van der Waals surface area contributed by atoms with Crippen molar-refractivity contribution >= 4 is 5.69 Å². The number of ether oxygens (including phenoxy) is 1. The van der Waals surface area contributed by atoms with Crippen molar-refractivity contribution in [3.05, 3.63) is 60.2 Å². The molecule has 0 fully saturated rings. The summed E-state index contributed by atoms with van der Waals surface area (Å²) in [5.41, 5.74) is 2.48. The van der Waals surface area contributed by atoms with Gasteiger partial charge in [-0.25, -0.2) is 0 Å². The molecule has 0 aliphatic heterocycles. The molecule has 2 aromatic carbocycles. The van der Waals surface area contributed by atoms with Gasteiger partial charge in [0.15, 0.2) is 0 Å². The highest BCUT2D eigenvalue weighted by Gasteiger charge is 1.94. The van der Waals surface area contributed by atoms with Crippen LogP contribution in [0.5, 0.6) is 5.75 Å². The summed E-state index contributed by atoms with van der Waals surface area (Å²) in [5.74, 6) is 0.953. The van der Waals surface area contributed by atoms with Gasteiger partial charge in [-0.15, -0.1) is 0 Å². The number of hydrogen-bond donors (Lipinski definition) is 1. The lowest BCUT2D eigenvalue weighted by molar-refractivity contribution is 0.308. The number of nitrogens with one attached hydrogen (secondary N) is 1. The molecular weight excluding hydrogens is 234 g/mol.